The highest BCUT2D eigenvalue weighted by Crippen LogP contribution is 2.32. The summed E-state index contributed by atoms with van der Waals surface area (Å²) >= 11 is 0. The third kappa shape index (κ3) is 3.49. The maximum atomic E-state index is 3.71. The van der Waals surface area contributed by atoms with E-state index >= 15 is 0 Å². The fraction of sp³-hybridized carbons (Fsp3) is 0.684. The number of benzene rings is 1. The van der Waals surface area contributed by atoms with E-state index < -0.39 is 0 Å². The summed E-state index contributed by atoms with van der Waals surface area (Å²) in [5.74, 6) is 1.54. The number of nitrogens with zero attached hydrogens (tertiary/aromatic N) is 1. The van der Waals surface area contributed by atoms with Crippen LogP contribution in [0.25, 0.3) is 0 Å². The van der Waals surface area contributed by atoms with Gasteiger partial charge in [0.05, 0.1) is 0 Å². The monoisotopic (exact) mass is 286 g/mol. The van der Waals surface area contributed by atoms with Gasteiger partial charge < -0.3 is 5.32 Å². The number of nitrogens with one attached hydrogen (secondary N) is 1. The van der Waals surface area contributed by atoms with Gasteiger partial charge in [-0.05, 0) is 42.2 Å². The molecule has 1 aliphatic heterocycles. The van der Waals surface area contributed by atoms with Crippen LogP contribution >= 0.6 is 0 Å². The normalized spacial score (nSPS) is 28.1. The molecule has 1 aromatic rings. The summed E-state index contributed by atoms with van der Waals surface area (Å²) in [6, 6.07) is 9.80. The first-order valence-electron chi connectivity index (χ1n) is 8.81. The van der Waals surface area contributed by atoms with E-state index in [2.05, 4.69) is 48.3 Å². The van der Waals surface area contributed by atoms with Crippen LogP contribution in [0, 0.1) is 5.92 Å². The first-order valence-corrected chi connectivity index (χ1v) is 8.81. The minimum Gasteiger partial charge on any atom is -0.311 e. The van der Waals surface area contributed by atoms with Gasteiger partial charge in [0.2, 0.25) is 0 Å². The first-order chi connectivity index (χ1) is 10.3. The van der Waals surface area contributed by atoms with Crippen molar-refractivity contribution < 1.29 is 0 Å². The van der Waals surface area contributed by atoms with E-state index in [4.69, 9.17) is 0 Å². The molecule has 3 unspecified atom stereocenters. The number of hydrogen-bond acceptors (Lipinski definition) is 2. The molecule has 3 rings (SSSR count). The smallest absolute Gasteiger partial charge is 0.0221 e. The van der Waals surface area contributed by atoms with Crippen molar-refractivity contribution in [3.63, 3.8) is 0 Å². The van der Waals surface area contributed by atoms with E-state index in [0.717, 1.165) is 18.4 Å². The zero-order chi connectivity index (χ0) is 14.7. The summed E-state index contributed by atoms with van der Waals surface area (Å²) in [6.45, 7) is 9.55. The minimum atomic E-state index is 0.683. The van der Waals surface area contributed by atoms with Gasteiger partial charge in [-0.15, -0.1) is 0 Å². The SMILES string of the molecule is CCC(C)C1CN(CC2CCCc3ccccc32)CCN1. The van der Waals surface area contributed by atoms with Crippen molar-refractivity contribution in [2.75, 3.05) is 26.2 Å². The highest BCUT2D eigenvalue weighted by Gasteiger charge is 2.27. The van der Waals surface area contributed by atoms with E-state index in [-0.39, 0.29) is 0 Å². The Labute approximate surface area is 129 Å². The van der Waals surface area contributed by atoms with E-state index in [9.17, 15) is 0 Å². The average Bonchev–Trinajstić information content (AvgIpc) is 2.55. The number of piperazine rings is 1. The lowest BCUT2D eigenvalue weighted by atomic mass is 9.82. The molecule has 1 fully saturated rings. The van der Waals surface area contributed by atoms with E-state index in [1.165, 1.54) is 45.3 Å². The van der Waals surface area contributed by atoms with Crippen LogP contribution < -0.4 is 5.32 Å². The third-order valence-electron chi connectivity index (χ3n) is 5.59. The van der Waals surface area contributed by atoms with Crippen LogP contribution in [0.15, 0.2) is 24.3 Å². The molecule has 2 aliphatic rings. The minimum absolute atomic E-state index is 0.683. The van der Waals surface area contributed by atoms with Crippen LogP contribution in [0.4, 0.5) is 0 Å². The maximum absolute atomic E-state index is 3.71. The zero-order valence-corrected chi connectivity index (χ0v) is 13.6. The Morgan fingerprint density at radius 1 is 1.33 bits per heavy atom. The molecule has 0 spiro atoms. The quantitative estimate of drug-likeness (QED) is 0.912. The molecule has 0 bridgehead atoms. The molecule has 1 aromatic carbocycles. The molecule has 1 N–H and O–H groups in total. The van der Waals surface area contributed by atoms with Crippen LogP contribution in [0.1, 0.15) is 50.2 Å². The maximum Gasteiger partial charge on any atom is 0.0221 e. The van der Waals surface area contributed by atoms with Gasteiger partial charge in [0.15, 0.2) is 0 Å². The van der Waals surface area contributed by atoms with Gasteiger partial charge in [-0.1, -0.05) is 44.5 Å². The third-order valence-corrected chi connectivity index (χ3v) is 5.59. The lowest BCUT2D eigenvalue weighted by Gasteiger charge is -2.39. The van der Waals surface area contributed by atoms with E-state index in [0.29, 0.717) is 6.04 Å². The Hall–Kier alpha value is -0.860. The molecular formula is C19H30N2. The van der Waals surface area contributed by atoms with Gasteiger partial charge in [0.25, 0.3) is 0 Å². The predicted octanol–water partition coefficient (Wildman–Crippen LogP) is 3.43. The Balaban J connectivity index is 1.64. The van der Waals surface area contributed by atoms with Gasteiger partial charge in [0.1, 0.15) is 0 Å². The largest absolute Gasteiger partial charge is 0.311 e. The fourth-order valence-corrected chi connectivity index (χ4v) is 4.03. The van der Waals surface area contributed by atoms with Crippen molar-refractivity contribution in [2.45, 2.75) is 51.5 Å². The Bertz CT molecular complexity index is 457. The molecule has 116 valence electrons. The van der Waals surface area contributed by atoms with Gasteiger partial charge in [-0.2, -0.15) is 0 Å². The number of aryl methyl sites for hydroxylation is 1. The predicted molar refractivity (Wildman–Crippen MR) is 89.8 cm³/mol. The van der Waals surface area contributed by atoms with Crippen molar-refractivity contribution in [3.05, 3.63) is 35.4 Å². The molecule has 2 heteroatoms. The first kappa shape index (κ1) is 15.1. The second-order valence-corrected chi connectivity index (χ2v) is 6.99. The number of fused-ring (bicyclic) bond motifs is 1. The highest BCUT2D eigenvalue weighted by atomic mass is 15.2. The molecule has 0 radical (unpaired) electrons. The summed E-state index contributed by atoms with van der Waals surface area (Å²) in [6.07, 6.45) is 5.29. The van der Waals surface area contributed by atoms with Crippen LogP contribution in [0.2, 0.25) is 0 Å². The van der Waals surface area contributed by atoms with Gasteiger partial charge in [-0.3, -0.25) is 4.90 Å². The van der Waals surface area contributed by atoms with E-state index in [1.54, 1.807) is 11.1 Å². The van der Waals surface area contributed by atoms with Crippen molar-refractivity contribution in [2.24, 2.45) is 5.92 Å². The molecule has 2 nitrogen and oxygen atoms in total. The second kappa shape index (κ2) is 6.93. The Kier molecular flexibility index (Phi) is 4.97. The molecule has 1 aliphatic carbocycles. The summed E-state index contributed by atoms with van der Waals surface area (Å²) in [7, 11) is 0. The molecule has 0 aromatic heterocycles. The topological polar surface area (TPSA) is 15.3 Å². The van der Waals surface area contributed by atoms with Crippen molar-refractivity contribution in [3.8, 4) is 0 Å². The number of hydrogen-bond donors (Lipinski definition) is 1. The van der Waals surface area contributed by atoms with E-state index in [1.807, 2.05) is 0 Å². The number of rotatable bonds is 4. The van der Waals surface area contributed by atoms with Crippen LogP contribution in [0.5, 0.6) is 0 Å². The molecule has 3 atom stereocenters. The van der Waals surface area contributed by atoms with Crippen molar-refractivity contribution in [1.29, 1.82) is 0 Å². The lowest BCUT2D eigenvalue weighted by Crippen LogP contribution is -2.54. The molecular weight excluding hydrogens is 256 g/mol. The van der Waals surface area contributed by atoms with Gasteiger partial charge in [0, 0.05) is 32.2 Å². The summed E-state index contributed by atoms with van der Waals surface area (Å²) in [5.41, 5.74) is 3.23. The molecule has 0 saturated carbocycles. The fourth-order valence-electron chi connectivity index (χ4n) is 4.03. The molecule has 21 heavy (non-hydrogen) atoms. The zero-order valence-electron chi connectivity index (χ0n) is 13.6. The lowest BCUT2D eigenvalue weighted by molar-refractivity contribution is 0.157. The molecule has 0 amide bonds. The van der Waals surface area contributed by atoms with Gasteiger partial charge in [-0.25, -0.2) is 0 Å². The Morgan fingerprint density at radius 2 is 2.19 bits per heavy atom. The molecule has 1 saturated heterocycles. The van der Waals surface area contributed by atoms with Crippen molar-refractivity contribution >= 4 is 0 Å². The standard InChI is InChI=1S/C19H30N2/c1-3-15(2)19-14-21(12-11-20-19)13-17-9-6-8-16-7-4-5-10-18(16)17/h4-5,7,10,15,17,19-20H,3,6,8-9,11-14H2,1-2H3. The van der Waals surface area contributed by atoms with Crippen LogP contribution in [-0.2, 0) is 6.42 Å². The van der Waals surface area contributed by atoms with Gasteiger partial charge >= 0.3 is 0 Å². The average molecular weight is 286 g/mol. The second-order valence-electron chi connectivity index (χ2n) is 6.99. The highest BCUT2D eigenvalue weighted by molar-refractivity contribution is 5.32. The summed E-state index contributed by atoms with van der Waals surface area (Å²) in [4.78, 5) is 2.71. The Morgan fingerprint density at radius 3 is 3.05 bits per heavy atom. The van der Waals surface area contributed by atoms with Crippen molar-refractivity contribution in [1.82, 2.24) is 10.2 Å². The van der Waals surface area contributed by atoms with Crippen LogP contribution in [0.3, 0.4) is 0 Å². The molecule has 1 heterocycles. The summed E-state index contributed by atoms with van der Waals surface area (Å²) in [5, 5.41) is 3.71. The van der Waals surface area contributed by atoms with Crippen LogP contribution in [-0.4, -0.2) is 37.1 Å². The summed E-state index contributed by atoms with van der Waals surface area (Å²) < 4.78 is 0.